The number of aryl methyl sites for hydroxylation is 2. The smallest absolute Gasteiger partial charge is 0.370 e. The summed E-state index contributed by atoms with van der Waals surface area (Å²) in [6, 6.07) is 7.38. The van der Waals surface area contributed by atoms with E-state index in [4.69, 9.17) is 4.52 Å². The van der Waals surface area contributed by atoms with Crippen LogP contribution >= 0.6 is 0 Å². The van der Waals surface area contributed by atoms with Crippen LogP contribution in [0.25, 0.3) is 11.0 Å². The Morgan fingerprint density at radius 1 is 1.13 bits per heavy atom. The molecule has 31 heavy (non-hydrogen) atoms. The molecule has 2 heterocycles. The van der Waals surface area contributed by atoms with E-state index in [1.165, 1.54) is 6.07 Å². The number of piperidine rings is 1. The highest BCUT2D eigenvalue weighted by Gasteiger charge is 2.32. The quantitative estimate of drug-likeness (QED) is 0.581. The number of halogens is 3. The number of alkyl halides is 3. The van der Waals surface area contributed by atoms with Gasteiger partial charge in [0.2, 0.25) is 5.91 Å². The van der Waals surface area contributed by atoms with Crippen molar-refractivity contribution in [2.24, 2.45) is 0 Å². The highest BCUT2D eigenvalue weighted by Crippen LogP contribution is 2.36. The molecule has 0 radical (unpaired) electrons. The van der Waals surface area contributed by atoms with Crippen molar-refractivity contribution < 1.29 is 22.5 Å². The number of hydrogen-bond donors (Lipinski definition) is 1. The van der Waals surface area contributed by atoms with Crippen LogP contribution in [0.5, 0.6) is 0 Å². The zero-order chi connectivity index (χ0) is 22.2. The first-order chi connectivity index (χ1) is 14.7. The summed E-state index contributed by atoms with van der Waals surface area (Å²) in [4.78, 5) is 14.8. The molecule has 0 saturated carbocycles. The molecule has 8 heteroatoms. The second-order valence-electron chi connectivity index (χ2n) is 8.09. The Morgan fingerprint density at radius 2 is 1.87 bits per heavy atom. The van der Waals surface area contributed by atoms with Gasteiger partial charge in [-0.25, -0.2) is 0 Å². The SMILES string of the molecule is Cc1cc(C)c2onc(CC(=O)Nc3cc(C(F)(F)F)ccc3N3CCCCC3)c2c1. The van der Waals surface area contributed by atoms with Gasteiger partial charge in [0.1, 0.15) is 5.69 Å². The Morgan fingerprint density at radius 3 is 2.58 bits per heavy atom. The van der Waals surface area contributed by atoms with Crippen LogP contribution in [0, 0.1) is 13.8 Å². The van der Waals surface area contributed by atoms with Crippen LogP contribution in [0.3, 0.4) is 0 Å². The van der Waals surface area contributed by atoms with Crippen LogP contribution in [0.2, 0.25) is 0 Å². The maximum atomic E-state index is 13.3. The van der Waals surface area contributed by atoms with Gasteiger partial charge in [0.05, 0.1) is 23.4 Å². The third-order valence-corrected chi connectivity index (χ3v) is 5.60. The topological polar surface area (TPSA) is 58.4 Å². The van der Waals surface area contributed by atoms with Crippen LogP contribution in [-0.2, 0) is 17.4 Å². The van der Waals surface area contributed by atoms with Gasteiger partial charge in [0.25, 0.3) is 0 Å². The minimum absolute atomic E-state index is 0.0917. The van der Waals surface area contributed by atoms with Crippen LogP contribution in [-0.4, -0.2) is 24.2 Å². The van der Waals surface area contributed by atoms with Gasteiger partial charge in [0, 0.05) is 18.5 Å². The number of fused-ring (bicyclic) bond motifs is 1. The normalized spacial score (nSPS) is 14.8. The Labute approximate surface area is 178 Å². The van der Waals surface area contributed by atoms with Crippen LogP contribution in [0.4, 0.5) is 24.5 Å². The molecular weight excluding hydrogens is 407 g/mol. The van der Waals surface area contributed by atoms with Gasteiger partial charge in [-0.15, -0.1) is 0 Å². The largest absolute Gasteiger partial charge is 0.416 e. The third kappa shape index (κ3) is 4.52. The van der Waals surface area contributed by atoms with Crippen molar-refractivity contribution >= 4 is 28.3 Å². The zero-order valence-corrected chi connectivity index (χ0v) is 17.5. The molecule has 0 atom stereocenters. The lowest BCUT2D eigenvalue weighted by Crippen LogP contribution is -2.30. The summed E-state index contributed by atoms with van der Waals surface area (Å²) in [5.74, 6) is -0.438. The molecule has 1 aliphatic heterocycles. The van der Waals surface area contributed by atoms with Crippen LogP contribution in [0.1, 0.15) is 41.6 Å². The van der Waals surface area contributed by atoms with Gasteiger partial charge in [0.15, 0.2) is 5.58 Å². The molecule has 1 fully saturated rings. The van der Waals surface area contributed by atoms with E-state index in [-0.39, 0.29) is 12.1 Å². The molecule has 3 aromatic rings. The summed E-state index contributed by atoms with van der Waals surface area (Å²) in [5, 5.41) is 7.46. The minimum Gasteiger partial charge on any atom is -0.370 e. The van der Waals surface area contributed by atoms with Crippen molar-refractivity contribution in [3.63, 3.8) is 0 Å². The minimum atomic E-state index is -4.49. The number of nitrogens with zero attached hydrogens (tertiary/aromatic N) is 2. The van der Waals surface area contributed by atoms with Gasteiger partial charge in [-0.1, -0.05) is 11.2 Å². The lowest BCUT2D eigenvalue weighted by Gasteiger charge is -2.31. The van der Waals surface area contributed by atoms with Gasteiger partial charge >= 0.3 is 6.18 Å². The first-order valence-corrected chi connectivity index (χ1v) is 10.3. The summed E-state index contributed by atoms with van der Waals surface area (Å²) in [7, 11) is 0. The first-order valence-electron chi connectivity index (χ1n) is 10.3. The predicted molar refractivity (Wildman–Crippen MR) is 113 cm³/mol. The van der Waals surface area contributed by atoms with Crippen molar-refractivity contribution in [3.8, 4) is 0 Å². The lowest BCUT2D eigenvalue weighted by atomic mass is 10.1. The highest BCUT2D eigenvalue weighted by atomic mass is 19.4. The third-order valence-electron chi connectivity index (χ3n) is 5.60. The maximum absolute atomic E-state index is 13.3. The number of benzene rings is 2. The molecule has 1 saturated heterocycles. The Balaban J connectivity index is 1.62. The molecule has 0 bridgehead atoms. The fraction of sp³-hybridized carbons (Fsp3) is 0.391. The van der Waals surface area contributed by atoms with Gasteiger partial charge in [-0.3, -0.25) is 4.79 Å². The lowest BCUT2D eigenvalue weighted by molar-refractivity contribution is -0.137. The number of carbonyl (C=O) groups excluding carboxylic acids is 1. The summed E-state index contributed by atoms with van der Waals surface area (Å²) in [6.07, 6.45) is -1.55. The number of nitrogens with one attached hydrogen (secondary N) is 1. The molecule has 1 amide bonds. The Bertz CT molecular complexity index is 1120. The summed E-state index contributed by atoms with van der Waals surface area (Å²) in [6.45, 7) is 5.34. The summed E-state index contributed by atoms with van der Waals surface area (Å²) < 4.78 is 45.2. The average Bonchev–Trinajstić information content (AvgIpc) is 3.10. The van der Waals surface area contributed by atoms with E-state index in [1.807, 2.05) is 30.9 Å². The van der Waals surface area contributed by atoms with E-state index >= 15 is 0 Å². The van der Waals surface area contributed by atoms with Crippen LogP contribution in [0.15, 0.2) is 34.9 Å². The fourth-order valence-electron chi connectivity index (χ4n) is 4.14. The van der Waals surface area contributed by atoms with Crippen molar-refractivity contribution in [2.45, 2.75) is 45.7 Å². The van der Waals surface area contributed by atoms with Crippen molar-refractivity contribution in [1.82, 2.24) is 5.16 Å². The number of amides is 1. The summed E-state index contributed by atoms with van der Waals surface area (Å²) in [5.41, 5.74) is 2.99. The molecule has 0 aliphatic carbocycles. The van der Waals surface area contributed by atoms with Gasteiger partial charge in [-0.2, -0.15) is 13.2 Å². The Hall–Kier alpha value is -3.03. The van der Waals surface area contributed by atoms with Gasteiger partial charge < -0.3 is 14.7 Å². The molecule has 0 spiro atoms. The van der Waals surface area contributed by atoms with Gasteiger partial charge in [-0.05, 0) is 68.5 Å². The van der Waals surface area contributed by atoms with E-state index in [2.05, 4.69) is 10.5 Å². The summed E-state index contributed by atoms with van der Waals surface area (Å²) >= 11 is 0. The number of aromatic nitrogens is 1. The van der Waals surface area contributed by atoms with E-state index in [9.17, 15) is 18.0 Å². The molecule has 1 N–H and O–H groups in total. The predicted octanol–water partition coefficient (Wildman–Crippen LogP) is 5.63. The average molecular weight is 431 g/mol. The molecule has 4 rings (SSSR count). The first kappa shape index (κ1) is 21.2. The molecule has 1 aliphatic rings. The van der Waals surface area contributed by atoms with E-state index in [1.54, 1.807) is 0 Å². The number of carbonyl (C=O) groups is 1. The monoisotopic (exact) mass is 431 g/mol. The fourth-order valence-corrected chi connectivity index (χ4v) is 4.14. The highest BCUT2D eigenvalue weighted by molar-refractivity contribution is 5.97. The molecular formula is C23H24F3N3O2. The Kier molecular flexibility index (Phi) is 5.64. The molecule has 2 aromatic carbocycles. The molecule has 0 unspecified atom stereocenters. The standard InChI is InChI=1S/C23H24F3N3O2/c1-14-10-15(2)22-17(11-14)18(28-31-22)13-21(30)27-19-12-16(23(24,25)26)6-7-20(19)29-8-4-3-5-9-29/h6-7,10-12H,3-5,8-9,13H2,1-2H3,(H,27,30). The number of anilines is 2. The molecule has 5 nitrogen and oxygen atoms in total. The maximum Gasteiger partial charge on any atom is 0.416 e. The van der Waals surface area contributed by atoms with E-state index in [0.29, 0.717) is 17.0 Å². The van der Waals surface area contributed by atoms with Crippen molar-refractivity contribution in [3.05, 3.63) is 52.7 Å². The second kappa shape index (κ2) is 8.24. The molecule has 1 aromatic heterocycles. The van der Waals surface area contributed by atoms with Crippen LogP contribution < -0.4 is 10.2 Å². The van der Waals surface area contributed by atoms with Crippen molar-refractivity contribution in [1.29, 1.82) is 0 Å². The molecule has 164 valence electrons. The number of rotatable bonds is 4. The zero-order valence-electron chi connectivity index (χ0n) is 17.5. The number of hydrogen-bond acceptors (Lipinski definition) is 4. The second-order valence-corrected chi connectivity index (χ2v) is 8.09. The van der Waals surface area contributed by atoms with E-state index < -0.39 is 17.6 Å². The van der Waals surface area contributed by atoms with Crippen molar-refractivity contribution in [2.75, 3.05) is 23.3 Å². The van der Waals surface area contributed by atoms with E-state index in [0.717, 1.165) is 61.0 Å².